The number of anilines is 1. The van der Waals surface area contributed by atoms with Crippen LogP contribution in [0.5, 0.6) is 0 Å². The van der Waals surface area contributed by atoms with Gasteiger partial charge in [0.25, 0.3) is 0 Å². The Kier molecular flexibility index (Phi) is 8.26. The van der Waals surface area contributed by atoms with Crippen LogP contribution in [0, 0.1) is 0 Å². The van der Waals surface area contributed by atoms with Gasteiger partial charge in [0.1, 0.15) is 0 Å². The smallest absolute Gasteiger partial charge is 0.191 e. The molecule has 0 aromatic heterocycles. The van der Waals surface area contributed by atoms with Crippen molar-refractivity contribution in [2.45, 2.75) is 16.2 Å². The highest BCUT2D eigenvalue weighted by atomic mass is 35.5. The zero-order chi connectivity index (χ0) is 22.3. The van der Waals surface area contributed by atoms with Gasteiger partial charge in [-0.25, -0.2) is 0 Å². The summed E-state index contributed by atoms with van der Waals surface area (Å²) >= 11 is 15.4. The Balaban J connectivity index is 1.68. The third-order valence-corrected chi connectivity index (χ3v) is 8.15. The summed E-state index contributed by atoms with van der Waals surface area (Å²) in [5.74, 6) is 1.19. The maximum absolute atomic E-state index is 13.5. The molecular weight excluding hydrogens is 477 g/mol. The van der Waals surface area contributed by atoms with Gasteiger partial charge in [-0.05, 0) is 23.8 Å². The third kappa shape index (κ3) is 5.55. The number of fused-ring (bicyclic) bond motifs is 1. The summed E-state index contributed by atoms with van der Waals surface area (Å²) in [4.78, 5) is 18.1. The maximum Gasteiger partial charge on any atom is 0.191 e. The normalized spacial score (nSPS) is 14.2. The van der Waals surface area contributed by atoms with Crippen molar-refractivity contribution in [3.05, 3.63) is 99.8 Å². The van der Waals surface area contributed by atoms with Crippen molar-refractivity contribution >= 4 is 58.2 Å². The number of benzene rings is 3. The van der Waals surface area contributed by atoms with Gasteiger partial charge >= 0.3 is 0 Å². The summed E-state index contributed by atoms with van der Waals surface area (Å²) in [6, 6.07) is 26.2. The largest absolute Gasteiger partial charge is 0.369 e. The first kappa shape index (κ1) is 23.3. The highest BCUT2D eigenvalue weighted by Crippen LogP contribution is 2.53. The number of halogens is 2. The quantitative estimate of drug-likeness (QED) is 0.172. The number of nitrogens with zero attached hydrogens (tertiary/aromatic N) is 1. The fraction of sp³-hybridized carbons (Fsp3) is 0.192. The van der Waals surface area contributed by atoms with Gasteiger partial charge in [0.05, 0.1) is 4.24 Å². The molecular formula is C26H23Cl2NOS2. The Morgan fingerprint density at radius 3 is 2.06 bits per heavy atom. The van der Waals surface area contributed by atoms with Crippen molar-refractivity contribution in [1.29, 1.82) is 0 Å². The number of ketones is 1. The molecule has 1 heterocycles. The summed E-state index contributed by atoms with van der Waals surface area (Å²) in [5, 5.41) is 0. The molecule has 3 aromatic rings. The fourth-order valence-electron chi connectivity index (χ4n) is 3.58. The topological polar surface area (TPSA) is 20.3 Å². The van der Waals surface area contributed by atoms with E-state index in [2.05, 4.69) is 35.2 Å². The van der Waals surface area contributed by atoms with Crippen molar-refractivity contribution < 1.29 is 4.79 Å². The number of carbonyl (C=O) groups is 1. The Labute approximate surface area is 208 Å². The lowest BCUT2D eigenvalue weighted by Gasteiger charge is -2.23. The molecule has 0 saturated heterocycles. The summed E-state index contributed by atoms with van der Waals surface area (Å²) in [7, 11) is 0. The molecule has 0 bridgehead atoms. The number of Topliss-reactive ketones (excluding diaryl/α,β-unsaturated/α-hetero) is 1. The van der Waals surface area contributed by atoms with Gasteiger partial charge in [0.15, 0.2) is 5.78 Å². The molecule has 0 unspecified atom stereocenters. The standard InChI is InChI=1S/C26H23Cl2NOS2/c27-13-15-29(16-14-28)21-11-12-23-24(18-21)32-26(31-23)22(17-19-7-3-1-4-8-19)25(30)20-9-5-2-6-10-20/h1-12,18H,13-17H2. The number of alkyl halides is 2. The Morgan fingerprint density at radius 2 is 1.41 bits per heavy atom. The first-order valence-corrected chi connectivity index (χ1v) is 13.1. The second-order valence-electron chi connectivity index (χ2n) is 7.32. The van der Waals surface area contributed by atoms with E-state index in [4.69, 9.17) is 23.2 Å². The molecule has 0 fully saturated rings. The van der Waals surface area contributed by atoms with E-state index in [1.165, 1.54) is 9.79 Å². The van der Waals surface area contributed by atoms with Gasteiger partial charge in [-0.15, -0.1) is 23.2 Å². The molecule has 4 rings (SSSR count). The Bertz CT molecular complexity index is 1100. The molecule has 0 atom stereocenters. The highest BCUT2D eigenvalue weighted by molar-refractivity contribution is 8.24. The molecule has 164 valence electrons. The number of rotatable bonds is 9. The average molecular weight is 501 g/mol. The molecule has 0 aliphatic carbocycles. The lowest BCUT2D eigenvalue weighted by molar-refractivity contribution is 0.103. The monoisotopic (exact) mass is 499 g/mol. The minimum atomic E-state index is 0.0865. The molecule has 0 saturated carbocycles. The summed E-state index contributed by atoms with van der Waals surface area (Å²) in [6.45, 7) is 1.50. The summed E-state index contributed by atoms with van der Waals surface area (Å²) < 4.78 is 1.05. The predicted molar refractivity (Wildman–Crippen MR) is 140 cm³/mol. The van der Waals surface area contributed by atoms with Crippen LogP contribution in [-0.2, 0) is 6.42 Å². The third-order valence-electron chi connectivity index (χ3n) is 5.19. The molecule has 32 heavy (non-hydrogen) atoms. The second kappa shape index (κ2) is 11.3. The first-order valence-electron chi connectivity index (χ1n) is 10.4. The van der Waals surface area contributed by atoms with Crippen LogP contribution < -0.4 is 4.90 Å². The van der Waals surface area contributed by atoms with E-state index in [9.17, 15) is 4.79 Å². The maximum atomic E-state index is 13.5. The fourth-order valence-corrected chi connectivity index (χ4v) is 6.57. The molecule has 0 N–H and O–H groups in total. The van der Waals surface area contributed by atoms with Crippen molar-refractivity contribution in [2.24, 2.45) is 0 Å². The zero-order valence-electron chi connectivity index (χ0n) is 17.5. The molecule has 1 aliphatic heterocycles. The Hall–Kier alpha value is -1.85. The van der Waals surface area contributed by atoms with Crippen molar-refractivity contribution in [3.63, 3.8) is 0 Å². The van der Waals surface area contributed by atoms with Crippen LogP contribution in [0.1, 0.15) is 15.9 Å². The molecule has 6 heteroatoms. The summed E-state index contributed by atoms with van der Waals surface area (Å²) in [5.41, 5.74) is 3.80. The molecule has 0 amide bonds. The first-order chi connectivity index (χ1) is 15.7. The lowest BCUT2D eigenvalue weighted by Crippen LogP contribution is -2.27. The van der Waals surface area contributed by atoms with Gasteiger partial charge < -0.3 is 4.90 Å². The van der Waals surface area contributed by atoms with Gasteiger partial charge in [-0.2, -0.15) is 0 Å². The molecule has 0 spiro atoms. The molecule has 3 aromatic carbocycles. The second-order valence-corrected chi connectivity index (χ2v) is 10.4. The van der Waals surface area contributed by atoms with Crippen molar-refractivity contribution in [1.82, 2.24) is 0 Å². The van der Waals surface area contributed by atoms with Crippen molar-refractivity contribution in [2.75, 3.05) is 29.7 Å². The highest BCUT2D eigenvalue weighted by Gasteiger charge is 2.26. The molecule has 0 radical (unpaired) electrons. The SMILES string of the molecule is O=C(C(Cc1ccccc1)=C1Sc2ccc(N(CCCl)CCCl)cc2S1)c1ccccc1. The number of hydrogen-bond donors (Lipinski definition) is 0. The number of carbonyl (C=O) groups excluding carboxylic acids is 1. The zero-order valence-corrected chi connectivity index (χ0v) is 20.6. The number of thioether (sulfide) groups is 2. The van der Waals surface area contributed by atoms with Crippen LogP contribution in [0.15, 0.2) is 98.5 Å². The van der Waals surface area contributed by atoms with Gasteiger partial charge in [-0.1, -0.05) is 84.2 Å². The van der Waals surface area contributed by atoms with E-state index in [1.54, 1.807) is 23.5 Å². The van der Waals surface area contributed by atoms with Gasteiger partial charge in [0.2, 0.25) is 0 Å². The molecule has 2 nitrogen and oxygen atoms in total. The van der Waals surface area contributed by atoms with Gasteiger partial charge in [0, 0.05) is 57.9 Å². The van der Waals surface area contributed by atoms with Crippen LogP contribution in [0.4, 0.5) is 5.69 Å². The minimum Gasteiger partial charge on any atom is -0.369 e. The van der Waals surface area contributed by atoms with Gasteiger partial charge in [-0.3, -0.25) is 4.79 Å². The minimum absolute atomic E-state index is 0.0865. The number of hydrogen-bond acceptors (Lipinski definition) is 4. The van der Waals surface area contributed by atoms with Crippen molar-refractivity contribution in [3.8, 4) is 0 Å². The van der Waals surface area contributed by atoms with Crippen LogP contribution in [0.25, 0.3) is 0 Å². The predicted octanol–water partition coefficient (Wildman–Crippen LogP) is 7.51. The average Bonchev–Trinajstić information content (AvgIpc) is 3.26. The van der Waals surface area contributed by atoms with E-state index in [0.717, 1.165) is 39.7 Å². The van der Waals surface area contributed by atoms with E-state index in [0.29, 0.717) is 18.2 Å². The van der Waals surface area contributed by atoms with E-state index in [-0.39, 0.29) is 5.78 Å². The van der Waals surface area contributed by atoms with E-state index in [1.807, 2.05) is 48.5 Å². The van der Waals surface area contributed by atoms with Crippen LogP contribution >= 0.6 is 46.7 Å². The molecule has 1 aliphatic rings. The van der Waals surface area contributed by atoms with Crippen LogP contribution in [-0.4, -0.2) is 30.6 Å². The Morgan fingerprint density at radius 1 is 0.781 bits per heavy atom. The lowest BCUT2D eigenvalue weighted by atomic mass is 9.98. The van der Waals surface area contributed by atoms with E-state index >= 15 is 0 Å². The number of allylic oxidation sites excluding steroid dienone is 1. The van der Waals surface area contributed by atoms with E-state index < -0.39 is 0 Å². The summed E-state index contributed by atoms with van der Waals surface area (Å²) in [6.07, 6.45) is 0.607. The van der Waals surface area contributed by atoms with Crippen LogP contribution in [0.3, 0.4) is 0 Å². The van der Waals surface area contributed by atoms with Crippen LogP contribution in [0.2, 0.25) is 0 Å².